The first kappa shape index (κ1) is 27.5. The number of aryl methyl sites for hydroxylation is 3. The average molecular weight is 613 g/mol. The van der Waals surface area contributed by atoms with Crippen molar-refractivity contribution in [2.75, 3.05) is 18.0 Å². The number of piperidine rings is 1. The number of hydrogen-bond donors (Lipinski definition) is 0. The predicted molar refractivity (Wildman–Crippen MR) is 154 cm³/mol. The zero-order chi connectivity index (χ0) is 27.2. The van der Waals surface area contributed by atoms with Crippen LogP contribution in [0.5, 0.6) is 0 Å². The van der Waals surface area contributed by atoms with E-state index in [0.29, 0.717) is 40.4 Å². The third kappa shape index (κ3) is 5.24. The molecule has 8 nitrogen and oxygen atoms in total. The number of halogens is 2. The molecule has 1 aliphatic heterocycles. The molecule has 0 bridgehead atoms. The van der Waals surface area contributed by atoms with Gasteiger partial charge in [0.15, 0.2) is 5.13 Å². The highest BCUT2D eigenvalue weighted by Gasteiger charge is 2.41. The molecule has 1 amide bonds. The number of thiazole rings is 1. The van der Waals surface area contributed by atoms with Gasteiger partial charge in [-0.05, 0) is 69.5 Å². The number of thiophene rings is 1. The van der Waals surface area contributed by atoms with E-state index in [0.717, 1.165) is 44.9 Å². The molecule has 1 atom stereocenters. The lowest BCUT2D eigenvalue weighted by Gasteiger charge is -2.35. The van der Waals surface area contributed by atoms with Gasteiger partial charge >= 0.3 is 0 Å². The normalized spacial score (nSPS) is 16.8. The minimum atomic E-state index is -3.89. The van der Waals surface area contributed by atoms with Crippen molar-refractivity contribution in [1.29, 1.82) is 0 Å². The van der Waals surface area contributed by atoms with Crippen molar-refractivity contribution in [2.45, 2.75) is 56.8 Å². The lowest BCUT2D eigenvalue weighted by Crippen LogP contribution is -2.53. The molecule has 1 saturated heterocycles. The van der Waals surface area contributed by atoms with Crippen molar-refractivity contribution in [3.05, 3.63) is 56.6 Å². The van der Waals surface area contributed by atoms with Gasteiger partial charge in [0.2, 0.25) is 5.91 Å². The molecule has 3 aromatic heterocycles. The molecule has 0 radical (unpaired) electrons. The van der Waals surface area contributed by atoms with E-state index >= 15 is 0 Å². The fourth-order valence-electron chi connectivity index (χ4n) is 4.77. The Labute approximate surface area is 239 Å². The van der Waals surface area contributed by atoms with E-state index in [1.165, 1.54) is 21.7 Å². The van der Waals surface area contributed by atoms with Gasteiger partial charge in [-0.15, -0.1) is 11.3 Å². The van der Waals surface area contributed by atoms with Gasteiger partial charge in [0.1, 0.15) is 10.3 Å². The molecule has 4 heterocycles. The number of carbonyl (C=O) groups is 1. The number of anilines is 1. The zero-order valence-electron chi connectivity index (χ0n) is 21.1. The summed E-state index contributed by atoms with van der Waals surface area (Å²) in [6, 6.07) is 7.93. The van der Waals surface area contributed by atoms with Crippen molar-refractivity contribution < 1.29 is 13.2 Å². The minimum Gasteiger partial charge on any atom is -0.285 e. The molecule has 202 valence electrons. The van der Waals surface area contributed by atoms with Crippen LogP contribution in [0.4, 0.5) is 5.13 Å². The van der Waals surface area contributed by atoms with Gasteiger partial charge < -0.3 is 0 Å². The smallest absolute Gasteiger partial charge is 0.253 e. The first-order chi connectivity index (χ1) is 18.1. The molecule has 13 heteroatoms. The molecule has 0 aliphatic carbocycles. The summed E-state index contributed by atoms with van der Waals surface area (Å²) in [5.41, 5.74) is 3.46. The van der Waals surface area contributed by atoms with Crippen molar-refractivity contribution in [3.63, 3.8) is 0 Å². The number of fused-ring (bicyclic) bond motifs is 1. The maximum absolute atomic E-state index is 14.2. The Morgan fingerprint density at radius 3 is 2.61 bits per heavy atom. The van der Waals surface area contributed by atoms with Crippen LogP contribution in [0, 0.1) is 20.8 Å². The predicted octanol–water partition coefficient (Wildman–Crippen LogP) is 6.06. The van der Waals surface area contributed by atoms with Gasteiger partial charge in [-0.3, -0.25) is 14.4 Å². The summed E-state index contributed by atoms with van der Waals surface area (Å²) in [4.78, 5) is 20.7. The molecule has 0 saturated carbocycles. The number of carbonyl (C=O) groups excluding carboxylic acids is 1. The molecular weight excluding hydrogens is 585 g/mol. The topological polar surface area (TPSA) is 88.4 Å². The quantitative estimate of drug-likeness (QED) is 0.253. The third-order valence-corrected chi connectivity index (χ3v) is 11.8. The molecule has 0 spiro atoms. The highest BCUT2D eigenvalue weighted by atomic mass is 35.5. The summed E-state index contributed by atoms with van der Waals surface area (Å²) in [6.45, 7) is 6.81. The number of rotatable bonds is 7. The number of hydrogen-bond acceptors (Lipinski definition) is 7. The standard InChI is InChI=1S/C25H27Cl2N5O3S3/c1-15-14-16(2)31(29-15)13-12-30(25-28-23-17(3)18(26)7-8-20(23)36-25)24(33)19-6-4-5-11-32(19)38(34,35)22-10-9-21(27)37-22/h7-10,14,19H,4-6,11-13H2,1-3H3. The van der Waals surface area contributed by atoms with E-state index < -0.39 is 16.1 Å². The lowest BCUT2D eigenvalue weighted by atomic mass is 10.0. The summed E-state index contributed by atoms with van der Waals surface area (Å²) < 4.78 is 31.8. The molecule has 5 rings (SSSR count). The van der Waals surface area contributed by atoms with Gasteiger partial charge in [0.05, 0.1) is 26.8 Å². The second kappa shape index (κ2) is 10.9. The van der Waals surface area contributed by atoms with Gasteiger partial charge in [-0.1, -0.05) is 41.0 Å². The summed E-state index contributed by atoms with van der Waals surface area (Å²) in [6.07, 6.45) is 1.88. The van der Waals surface area contributed by atoms with Crippen LogP contribution in [0.25, 0.3) is 10.2 Å². The minimum absolute atomic E-state index is 0.140. The van der Waals surface area contributed by atoms with E-state index in [-0.39, 0.29) is 16.7 Å². The molecule has 4 aromatic rings. The fourth-order valence-corrected chi connectivity index (χ4v) is 9.24. The summed E-state index contributed by atoms with van der Waals surface area (Å²) in [5, 5.41) is 5.66. The number of amides is 1. The Bertz CT molecular complexity index is 1610. The molecule has 38 heavy (non-hydrogen) atoms. The zero-order valence-corrected chi connectivity index (χ0v) is 25.1. The molecule has 1 unspecified atom stereocenters. The third-order valence-electron chi connectivity index (χ3n) is 6.72. The highest BCUT2D eigenvalue weighted by Crippen LogP contribution is 2.36. The van der Waals surface area contributed by atoms with Crippen molar-refractivity contribution >= 4 is 77.2 Å². The van der Waals surface area contributed by atoms with Crippen LogP contribution in [0.15, 0.2) is 34.5 Å². The van der Waals surface area contributed by atoms with Crippen molar-refractivity contribution in [2.24, 2.45) is 0 Å². The molecule has 1 aliphatic rings. The van der Waals surface area contributed by atoms with Crippen LogP contribution >= 0.6 is 45.9 Å². The maximum Gasteiger partial charge on any atom is 0.253 e. The van der Waals surface area contributed by atoms with E-state index in [4.69, 9.17) is 28.2 Å². The fraction of sp³-hybridized carbons (Fsp3) is 0.400. The molecule has 0 N–H and O–H groups in total. The van der Waals surface area contributed by atoms with Gasteiger partial charge in [0, 0.05) is 23.8 Å². The van der Waals surface area contributed by atoms with Crippen LogP contribution < -0.4 is 4.90 Å². The number of aromatic nitrogens is 3. The van der Waals surface area contributed by atoms with E-state index in [2.05, 4.69) is 5.10 Å². The summed E-state index contributed by atoms with van der Waals surface area (Å²) in [7, 11) is -3.89. The van der Waals surface area contributed by atoms with Crippen LogP contribution in [-0.2, 0) is 21.4 Å². The highest BCUT2D eigenvalue weighted by molar-refractivity contribution is 7.91. The molecule has 1 fully saturated rings. The van der Waals surface area contributed by atoms with E-state index in [1.807, 2.05) is 43.7 Å². The van der Waals surface area contributed by atoms with Crippen molar-refractivity contribution in [3.8, 4) is 0 Å². The second-order valence-electron chi connectivity index (χ2n) is 9.34. The Balaban J connectivity index is 1.53. The van der Waals surface area contributed by atoms with Gasteiger partial charge in [0.25, 0.3) is 10.0 Å². The lowest BCUT2D eigenvalue weighted by molar-refractivity contribution is -0.123. The van der Waals surface area contributed by atoms with Crippen LogP contribution in [0.1, 0.15) is 36.2 Å². The Kier molecular flexibility index (Phi) is 7.87. The first-order valence-electron chi connectivity index (χ1n) is 12.2. The van der Waals surface area contributed by atoms with E-state index in [1.54, 1.807) is 11.0 Å². The largest absolute Gasteiger partial charge is 0.285 e. The number of nitrogens with zero attached hydrogens (tertiary/aromatic N) is 5. The van der Waals surface area contributed by atoms with E-state index in [9.17, 15) is 13.2 Å². The maximum atomic E-state index is 14.2. The van der Waals surface area contributed by atoms with Crippen LogP contribution in [0.3, 0.4) is 0 Å². The average Bonchev–Trinajstić information content (AvgIpc) is 3.60. The number of benzene rings is 1. The SMILES string of the molecule is Cc1cc(C)n(CCN(C(=O)C2CCCCN2S(=O)(=O)c2ccc(Cl)s2)c2nc3c(C)c(Cl)ccc3s2)n1. The molecular formula is C25H27Cl2N5O3S3. The second-order valence-corrected chi connectivity index (χ2v) is 14.6. The van der Waals surface area contributed by atoms with Crippen molar-refractivity contribution in [1.82, 2.24) is 19.1 Å². The number of sulfonamides is 1. The van der Waals surface area contributed by atoms with Crippen LogP contribution in [-0.4, -0.2) is 52.5 Å². The first-order valence-corrected chi connectivity index (χ1v) is 16.0. The molecule has 1 aromatic carbocycles. The van der Waals surface area contributed by atoms with Gasteiger partial charge in [-0.2, -0.15) is 9.40 Å². The Morgan fingerprint density at radius 2 is 1.92 bits per heavy atom. The van der Waals surface area contributed by atoms with Crippen LogP contribution in [0.2, 0.25) is 9.36 Å². The Hall–Kier alpha value is -2.02. The van der Waals surface area contributed by atoms with Gasteiger partial charge in [-0.25, -0.2) is 13.4 Å². The summed E-state index contributed by atoms with van der Waals surface area (Å²) in [5.74, 6) is -0.291. The monoisotopic (exact) mass is 611 g/mol. The Morgan fingerprint density at radius 1 is 1.13 bits per heavy atom. The summed E-state index contributed by atoms with van der Waals surface area (Å²) >= 11 is 14.8.